The molecule has 0 spiro atoms. The number of nitro benzene ring substituents is 1. The third kappa shape index (κ3) is 4.82. The van der Waals surface area contributed by atoms with Crippen molar-refractivity contribution >= 4 is 17.3 Å². The summed E-state index contributed by atoms with van der Waals surface area (Å²) < 4.78 is 4.79. The minimum atomic E-state index is -0.441. The predicted molar refractivity (Wildman–Crippen MR) is 67.5 cm³/mol. The highest BCUT2D eigenvalue weighted by Gasteiger charge is 2.05. The van der Waals surface area contributed by atoms with Crippen LogP contribution in [0.2, 0.25) is 0 Å². The van der Waals surface area contributed by atoms with Gasteiger partial charge in [-0.25, -0.2) is 0 Å². The largest absolute Gasteiger partial charge is 0.466 e. The summed E-state index contributed by atoms with van der Waals surface area (Å²) >= 11 is 0. The lowest BCUT2D eigenvalue weighted by Crippen LogP contribution is -2.08. The standard InChI is InChI=1S/C12H16N2O4/c1-2-18-12(15)7-4-8-13-10-5-3-6-11(9-10)14(16)17/h3,5-6,9,13H,2,4,7-8H2,1H3. The molecule has 0 heterocycles. The molecule has 98 valence electrons. The molecule has 1 rings (SSSR count). The fourth-order valence-electron chi connectivity index (χ4n) is 1.43. The zero-order valence-electron chi connectivity index (χ0n) is 10.2. The molecule has 0 saturated carbocycles. The number of nitrogens with zero attached hydrogens (tertiary/aromatic N) is 1. The molecule has 0 saturated heterocycles. The van der Waals surface area contributed by atoms with Crippen molar-refractivity contribution in [3.05, 3.63) is 34.4 Å². The summed E-state index contributed by atoms with van der Waals surface area (Å²) in [6, 6.07) is 6.26. The molecular weight excluding hydrogens is 236 g/mol. The summed E-state index contributed by atoms with van der Waals surface area (Å²) in [5.41, 5.74) is 0.721. The molecule has 1 aromatic carbocycles. The number of nitro groups is 1. The molecule has 0 aliphatic heterocycles. The monoisotopic (exact) mass is 252 g/mol. The summed E-state index contributed by atoms with van der Waals surface area (Å²) in [5, 5.41) is 13.6. The lowest BCUT2D eigenvalue weighted by Gasteiger charge is -2.05. The number of benzene rings is 1. The van der Waals surface area contributed by atoms with Crippen LogP contribution in [0.1, 0.15) is 19.8 Å². The average molecular weight is 252 g/mol. The molecule has 0 radical (unpaired) electrons. The molecule has 0 aromatic heterocycles. The molecule has 1 aromatic rings. The number of rotatable bonds is 7. The molecule has 0 aliphatic carbocycles. The highest BCUT2D eigenvalue weighted by molar-refractivity contribution is 5.69. The molecular formula is C12H16N2O4. The highest BCUT2D eigenvalue weighted by Crippen LogP contribution is 2.16. The number of carbonyl (C=O) groups excluding carboxylic acids is 1. The van der Waals surface area contributed by atoms with E-state index in [1.165, 1.54) is 12.1 Å². The Morgan fingerprint density at radius 1 is 1.50 bits per heavy atom. The normalized spacial score (nSPS) is 9.83. The zero-order chi connectivity index (χ0) is 13.4. The lowest BCUT2D eigenvalue weighted by molar-refractivity contribution is -0.384. The first-order valence-corrected chi connectivity index (χ1v) is 5.77. The van der Waals surface area contributed by atoms with Crippen LogP contribution in [-0.4, -0.2) is 24.0 Å². The molecule has 0 amide bonds. The number of anilines is 1. The number of esters is 1. The Morgan fingerprint density at radius 2 is 2.28 bits per heavy atom. The topological polar surface area (TPSA) is 81.5 Å². The number of non-ortho nitro benzene ring substituents is 1. The second kappa shape index (κ2) is 7.26. The Bertz CT molecular complexity index is 420. The summed E-state index contributed by atoms with van der Waals surface area (Å²) in [6.07, 6.45) is 0.970. The summed E-state index contributed by atoms with van der Waals surface area (Å²) in [7, 11) is 0. The van der Waals surface area contributed by atoms with Crippen molar-refractivity contribution in [1.29, 1.82) is 0 Å². The first-order chi connectivity index (χ1) is 8.63. The van der Waals surface area contributed by atoms with Crippen molar-refractivity contribution in [3.63, 3.8) is 0 Å². The van der Waals surface area contributed by atoms with Crippen molar-refractivity contribution in [1.82, 2.24) is 0 Å². The Balaban J connectivity index is 2.33. The van der Waals surface area contributed by atoms with Crippen LogP contribution in [0.15, 0.2) is 24.3 Å². The third-order valence-electron chi connectivity index (χ3n) is 2.25. The molecule has 6 nitrogen and oxygen atoms in total. The van der Waals surface area contributed by atoms with E-state index in [1.807, 2.05) is 0 Å². The van der Waals surface area contributed by atoms with Crippen LogP contribution in [0.3, 0.4) is 0 Å². The van der Waals surface area contributed by atoms with Gasteiger partial charge in [-0.3, -0.25) is 14.9 Å². The van der Waals surface area contributed by atoms with Gasteiger partial charge in [0.05, 0.1) is 11.5 Å². The first kappa shape index (κ1) is 14.0. The minimum absolute atomic E-state index is 0.0467. The second-order valence-corrected chi connectivity index (χ2v) is 3.64. The highest BCUT2D eigenvalue weighted by atomic mass is 16.6. The number of carbonyl (C=O) groups is 1. The van der Waals surface area contributed by atoms with Gasteiger partial charge in [-0.05, 0) is 19.4 Å². The van der Waals surface area contributed by atoms with E-state index in [9.17, 15) is 14.9 Å². The van der Waals surface area contributed by atoms with E-state index in [2.05, 4.69) is 5.32 Å². The average Bonchev–Trinajstić information content (AvgIpc) is 2.35. The van der Waals surface area contributed by atoms with Gasteiger partial charge in [-0.2, -0.15) is 0 Å². The van der Waals surface area contributed by atoms with E-state index in [0.29, 0.717) is 31.7 Å². The van der Waals surface area contributed by atoms with Gasteiger partial charge in [-0.15, -0.1) is 0 Å². The summed E-state index contributed by atoms with van der Waals surface area (Å²) in [4.78, 5) is 21.2. The van der Waals surface area contributed by atoms with Gasteiger partial charge in [0.15, 0.2) is 0 Å². The number of hydrogen-bond acceptors (Lipinski definition) is 5. The maximum absolute atomic E-state index is 11.1. The Morgan fingerprint density at radius 3 is 2.94 bits per heavy atom. The quantitative estimate of drug-likeness (QED) is 0.348. The molecule has 0 aliphatic rings. The van der Waals surface area contributed by atoms with Crippen molar-refractivity contribution in [3.8, 4) is 0 Å². The van der Waals surface area contributed by atoms with Crippen LogP contribution >= 0.6 is 0 Å². The molecule has 18 heavy (non-hydrogen) atoms. The van der Waals surface area contributed by atoms with Gasteiger partial charge in [0.2, 0.25) is 0 Å². The van der Waals surface area contributed by atoms with Crippen molar-refractivity contribution in [2.24, 2.45) is 0 Å². The SMILES string of the molecule is CCOC(=O)CCCNc1cccc([N+](=O)[O-])c1. The molecule has 0 atom stereocenters. The summed E-state index contributed by atoms with van der Waals surface area (Å²) in [6.45, 7) is 2.72. The van der Waals surface area contributed by atoms with Crippen LogP contribution in [0.4, 0.5) is 11.4 Å². The van der Waals surface area contributed by atoms with Crippen molar-refractivity contribution < 1.29 is 14.5 Å². The van der Waals surface area contributed by atoms with Crippen LogP contribution in [0.5, 0.6) is 0 Å². The van der Waals surface area contributed by atoms with E-state index >= 15 is 0 Å². The van der Waals surface area contributed by atoms with Crippen LogP contribution < -0.4 is 5.32 Å². The van der Waals surface area contributed by atoms with Gasteiger partial charge >= 0.3 is 5.97 Å². The van der Waals surface area contributed by atoms with Gasteiger partial charge in [-0.1, -0.05) is 6.07 Å². The fourth-order valence-corrected chi connectivity index (χ4v) is 1.43. The maximum Gasteiger partial charge on any atom is 0.305 e. The smallest absolute Gasteiger partial charge is 0.305 e. The lowest BCUT2D eigenvalue weighted by atomic mass is 10.2. The van der Waals surface area contributed by atoms with Crippen LogP contribution in [0.25, 0.3) is 0 Å². The van der Waals surface area contributed by atoms with Crippen LogP contribution in [0, 0.1) is 10.1 Å². The minimum Gasteiger partial charge on any atom is -0.466 e. The van der Waals surface area contributed by atoms with Gasteiger partial charge < -0.3 is 10.1 Å². The summed E-state index contributed by atoms with van der Waals surface area (Å²) in [5.74, 6) is -0.224. The van der Waals surface area contributed by atoms with Gasteiger partial charge in [0, 0.05) is 30.8 Å². The Kier molecular flexibility index (Phi) is 5.63. The Labute approximate surface area is 105 Å². The molecule has 0 bridgehead atoms. The molecule has 1 N–H and O–H groups in total. The maximum atomic E-state index is 11.1. The van der Waals surface area contributed by atoms with E-state index < -0.39 is 4.92 Å². The Hall–Kier alpha value is -2.11. The van der Waals surface area contributed by atoms with E-state index in [-0.39, 0.29) is 11.7 Å². The van der Waals surface area contributed by atoms with E-state index in [4.69, 9.17) is 4.74 Å². The predicted octanol–water partition coefficient (Wildman–Crippen LogP) is 2.35. The van der Waals surface area contributed by atoms with Crippen molar-refractivity contribution in [2.45, 2.75) is 19.8 Å². The fraction of sp³-hybridized carbons (Fsp3) is 0.417. The van der Waals surface area contributed by atoms with E-state index in [0.717, 1.165) is 0 Å². The molecule has 6 heteroatoms. The van der Waals surface area contributed by atoms with Gasteiger partial charge in [0.1, 0.15) is 0 Å². The first-order valence-electron chi connectivity index (χ1n) is 5.77. The zero-order valence-corrected chi connectivity index (χ0v) is 10.2. The molecule has 0 fully saturated rings. The number of nitrogens with one attached hydrogen (secondary N) is 1. The van der Waals surface area contributed by atoms with E-state index in [1.54, 1.807) is 19.1 Å². The molecule has 0 unspecified atom stereocenters. The number of ether oxygens (including phenoxy) is 1. The van der Waals surface area contributed by atoms with Crippen LogP contribution in [-0.2, 0) is 9.53 Å². The van der Waals surface area contributed by atoms with Gasteiger partial charge in [0.25, 0.3) is 5.69 Å². The number of hydrogen-bond donors (Lipinski definition) is 1. The second-order valence-electron chi connectivity index (χ2n) is 3.64. The third-order valence-corrected chi connectivity index (χ3v) is 2.25. The van der Waals surface area contributed by atoms with Crippen molar-refractivity contribution in [2.75, 3.05) is 18.5 Å².